The van der Waals surface area contributed by atoms with E-state index in [0.717, 1.165) is 64.2 Å². The molecule has 9 heteroatoms. The number of nitrogens with one attached hydrogen (secondary N) is 1. The van der Waals surface area contributed by atoms with Crippen LogP contribution in [0.1, 0.15) is 296 Å². The number of hydrogen-bond donors (Lipinski definition) is 2. The number of aliphatic hydroxyl groups is 1. The van der Waals surface area contributed by atoms with Crippen molar-refractivity contribution < 1.29 is 32.9 Å². The minimum atomic E-state index is -4.56. The van der Waals surface area contributed by atoms with Crippen LogP contribution in [0, 0.1) is 0 Å². The number of carbonyl (C=O) groups is 1. The van der Waals surface area contributed by atoms with Crippen LogP contribution in [0.5, 0.6) is 0 Å². The van der Waals surface area contributed by atoms with Crippen LogP contribution in [0.2, 0.25) is 0 Å². The standard InChI is InChI=1S/C63H121N2O6P/c1-6-8-10-12-14-16-17-18-19-20-21-22-23-24-25-26-27-28-29-30-31-32-33-34-35-36-37-38-39-40-41-42-43-44-45-46-47-49-51-53-55-57-63(67)64-61(60-71-72(68,69)70-59-58-65(3,4)5)62(66)56-54-52-50-48-15-13-11-9-7-2/h8,10,14,16,18-19,21-22,61-62,66H,6-7,9,11-13,15,17,20,23-60H2,1-5H3,(H-,64,67,68,69)/b10-8-,16-14-,19-18-,22-21-. The summed E-state index contributed by atoms with van der Waals surface area (Å²) in [5, 5.41) is 13.9. The number of aliphatic hydroxyl groups excluding tert-OH is 1. The Morgan fingerprint density at radius 2 is 0.847 bits per heavy atom. The molecule has 8 nitrogen and oxygen atoms in total. The van der Waals surface area contributed by atoms with Crippen LogP contribution in [-0.2, 0) is 18.4 Å². The lowest BCUT2D eigenvalue weighted by Gasteiger charge is -2.30. The number of likely N-dealkylation sites (N-methyl/N-ethyl adjacent to an activating group) is 1. The first-order valence-corrected chi connectivity index (χ1v) is 32.4. The van der Waals surface area contributed by atoms with Crippen LogP contribution in [0.25, 0.3) is 0 Å². The monoisotopic (exact) mass is 1030 g/mol. The molecule has 0 aliphatic rings. The Morgan fingerprint density at radius 1 is 0.500 bits per heavy atom. The summed E-state index contributed by atoms with van der Waals surface area (Å²) in [5.41, 5.74) is 0. The molecule has 0 aromatic rings. The Labute approximate surface area is 448 Å². The van der Waals surface area contributed by atoms with Gasteiger partial charge in [0.15, 0.2) is 0 Å². The van der Waals surface area contributed by atoms with Gasteiger partial charge in [0.25, 0.3) is 7.82 Å². The molecular formula is C63H121N2O6P. The third kappa shape index (κ3) is 56.2. The summed E-state index contributed by atoms with van der Waals surface area (Å²) < 4.78 is 23.3. The molecule has 0 bridgehead atoms. The Balaban J connectivity index is 3.74. The number of phosphoric ester groups is 1. The number of rotatable bonds is 57. The molecule has 1 amide bonds. The quantitative estimate of drug-likeness (QED) is 0.0272. The molecule has 0 saturated carbocycles. The lowest BCUT2D eigenvalue weighted by Crippen LogP contribution is -2.46. The molecule has 0 aliphatic carbocycles. The number of quaternary nitrogens is 1. The van der Waals surface area contributed by atoms with E-state index < -0.39 is 20.0 Å². The highest BCUT2D eigenvalue weighted by Crippen LogP contribution is 2.38. The van der Waals surface area contributed by atoms with Crippen LogP contribution in [0.4, 0.5) is 0 Å². The van der Waals surface area contributed by atoms with Crippen LogP contribution >= 0.6 is 7.82 Å². The van der Waals surface area contributed by atoms with Gasteiger partial charge in [-0.05, 0) is 51.4 Å². The summed E-state index contributed by atoms with van der Waals surface area (Å²) in [6.07, 6.45) is 72.1. The van der Waals surface area contributed by atoms with Crippen molar-refractivity contribution >= 4 is 13.7 Å². The molecule has 0 aromatic heterocycles. The second-order valence-corrected chi connectivity index (χ2v) is 23.8. The molecule has 0 rings (SSSR count). The van der Waals surface area contributed by atoms with Gasteiger partial charge in [0.1, 0.15) is 13.2 Å². The molecule has 0 saturated heterocycles. The fourth-order valence-corrected chi connectivity index (χ4v) is 9.99. The zero-order valence-electron chi connectivity index (χ0n) is 48.4. The Kier molecular flexibility index (Phi) is 53.1. The fraction of sp³-hybridized carbons (Fsp3) is 0.857. The number of unbranched alkanes of at least 4 members (excludes halogenated alkanes) is 36. The average molecular weight is 1030 g/mol. The SMILES string of the molecule is CC/C=C\C/C=C\C/C=C\C/C=C\CCCCCCCCCCCCCCCCCCCCCCCCCCCCCCC(=O)NC(COP(=O)([O-])OCC[N+](C)(C)C)C(O)CCCCCCCCCCC. The van der Waals surface area contributed by atoms with Crippen molar-refractivity contribution in [1.29, 1.82) is 0 Å². The van der Waals surface area contributed by atoms with E-state index >= 15 is 0 Å². The number of amides is 1. The number of carbonyl (C=O) groups excluding carboxylic acids is 1. The summed E-state index contributed by atoms with van der Waals surface area (Å²) in [6.45, 7) is 4.60. The summed E-state index contributed by atoms with van der Waals surface area (Å²) in [5.74, 6) is -0.162. The number of nitrogens with zero attached hydrogens (tertiary/aromatic N) is 1. The first kappa shape index (κ1) is 70.5. The van der Waals surface area contributed by atoms with Crippen molar-refractivity contribution in [1.82, 2.24) is 5.32 Å². The van der Waals surface area contributed by atoms with E-state index in [4.69, 9.17) is 9.05 Å². The summed E-state index contributed by atoms with van der Waals surface area (Å²) in [7, 11) is 1.31. The van der Waals surface area contributed by atoms with Gasteiger partial charge in [-0.2, -0.15) is 0 Å². The van der Waals surface area contributed by atoms with Gasteiger partial charge in [-0.3, -0.25) is 9.36 Å². The molecule has 424 valence electrons. The van der Waals surface area contributed by atoms with Crippen molar-refractivity contribution in [2.45, 2.75) is 309 Å². The molecule has 0 aliphatic heterocycles. The first-order chi connectivity index (χ1) is 35.0. The van der Waals surface area contributed by atoms with Crippen molar-refractivity contribution in [2.24, 2.45) is 0 Å². The van der Waals surface area contributed by atoms with Crippen molar-refractivity contribution in [2.75, 3.05) is 40.9 Å². The third-order valence-electron chi connectivity index (χ3n) is 14.1. The highest BCUT2D eigenvalue weighted by atomic mass is 31.2. The first-order valence-electron chi connectivity index (χ1n) is 31.0. The van der Waals surface area contributed by atoms with E-state index in [2.05, 4.69) is 67.8 Å². The van der Waals surface area contributed by atoms with E-state index in [1.807, 2.05) is 21.1 Å². The molecular weight excluding hydrogens is 912 g/mol. The van der Waals surface area contributed by atoms with Gasteiger partial charge < -0.3 is 28.8 Å². The number of phosphoric acid groups is 1. The zero-order valence-corrected chi connectivity index (χ0v) is 49.3. The molecule has 3 atom stereocenters. The van der Waals surface area contributed by atoms with Gasteiger partial charge >= 0.3 is 0 Å². The van der Waals surface area contributed by atoms with Crippen LogP contribution < -0.4 is 10.2 Å². The predicted molar refractivity (Wildman–Crippen MR) is 311 cm³/mol. The van der Waals surface area contributed by atoms with E-state index in [9.17, 15) is 19.4 Å². The molecule has 0 radical (unpaired) electrons. The summed E-state index contributed by atoms with van der Waals surface area (Å²) in [6, 6.07) is -0.796. The lowest BCUT2D eigenvalue weighted by atomic mass is 10.0. The highest BCUT2D eigenvalue weighted by molar-refractivity contribution is 7.45. The van der Waals surface area contributed by atoms with Gasteiger partial charge in [-0.25, -0.2) is 0 Å². The molecule has 72 heavy (non-hydrogen) atoms. The minimum absolute atomic E-state index is 0.0139. The van der Waals surface area contributed by atoms with Gasteiger partial charge in [0, 0.05) is 6.42 Å². The van der Waals surface area contributed by atoms with Crippen molar-refractivity contribution in [3.63, 3.8) is 0 Å². The van der Waals surface area contributed by atoms with Gasteiger partial charge in [0.2, 0.25) is 5.91 Å². The largest absolute Gasteiger partial charge is 0.756 e. The maximum absolute atomic E-state index is 12.9. The van der Waals surface area contributed by atoms with Gasteiger partial charge in [0.05, 0.1) is 39.9 Å². The molecule has 2 N–H and O–H groups in total. The predicted octanol–water partition coefficient (Wildman–Crippen LogP) is 18.5. The van der Waals surface area contributed by atoms with E-state index in [-0.39, 0.29) is 19.1 Å². The molecule has 0 fully saturated rings. The average Bonchev–Trinajstić information content (AvgIpc) is 3.34. The van der Waals surface area contributed by atoms with Crippen LogP contribution in [0.3, 0.4) is 0 Å². The maximum atomic E-state index is 12.9. The van der Waals surface area contributed by atoms with E-state index in [1.54, 1.807) is 0 Å². The van der Waals surface area contributed by atoms with Crippen LogP contribution in [-0.4, -0.2) is 68.5 Å². The topological polar surface area (TPSA) is 108 Å². The Bertz CT molecular complexity index is 1310. The van der Waals surface area contributed by atoms with Crippen molar-refractivity contribution in [3.8, 4) is 0 Å². The number of hydrogen-bond acceptors (Lipinski definition) is 6. The zero-order chi connectivity index (χ0) is 52.7. The second kappa shape index (κ2) is 54.3. The van der Waals surface area contributed by atoms with Crippen LogP contribution in [0.15, 0.2) is 48.6 Å². The Morgan fingerprint density at radius 3 is 1.24 bits per heavy atom. The van der Waals surface area contributed by atoms with Gasteiger partial charge in [-0.15, -0.1) is 0 Å². The molecule has 0 heterocycles. The smallest absolute Gasteiger partial charge is 0.268 e. The minimum Gasteiger partial charge on any atom is -0.756 e. The van der Waals surface area contributed by atoms with E-state index in [0.29, 0.717) is 23.9 Å². The fourth-order valence-electron chi connectivity index (χ4n) is 9.27. The number of allylic oxidation sites excluding steroid dienone is 8. The second-order valence-electron chi connectivity index (χ2n) is 22.4. The summed E-state index contributed by atoms with van der Waals surface area (Å²) >= 11 is 0. The molecule has 0 aromatic carbocycles. The molecule has 3 unspecified atom stereocenters. The van der Waals surface area contributed by atoms with Gasteiger partial charge in [-0.1, -0.05) is 287 Å². The van der Waals surface area contributed by atoms with Crippen molar-refractivity contribution in [3.05, 3.63) is 48.6 Å². The Hall–Kier alpha value is -1.54. The highest BCUT2D eigenvalue weighted by Gasteiger charge is 2.24. The summed E-state index contributed by atoms with van der Waals surface area (Å²) in [4.78, 5) is 25.4. The normalized spacial score (nSPS) is 14.2. The molecule has 0 spiro atoms. The maximum Gasteiger partial charge on any atom is 0.268 e. The third-order valence-corrected chi connectivity index (χ3v) is 15.0. The van der Waals surface area contributed by atoms with E-state index in [1.165, 1.54) is 205 Å². The lowest BCUT2D eigenvalue weighted by molar-refractivity contribution is -0.870.